The Morgan fingerprint density at radius 3 is 2.58 bits per heavy atom. The average molecular weight is 471 g/mol. The van der Waals surface area contributed by atoms with Gasteiger partial charge in [-0.2, -0.15) is 13.2 Å². The maximum Gasteiger partial charge on any atom is 0.416 e. The van der Waals surface area contributed by atoms with Crippen LogP contribution in [0.15, 0.2) is 35.5 Å². The number of rotatable bonds is 6. The second-order valence-corrected chi connectivity index (χ2v) is 11.3. The second-order valence-electron chi connectivity index (χ2n) is 11.3. The van der Waals surface area contributed by atoms with E-state index in [-0.39, 0.29) is 11.8 Å². The van der Waals surface area contributed by atoms with Crippen LogP contribution in [0.5, 0.6) is 0 Å². The Kier molecular flexibility index (Phi) is 7.92. The number of hydrogen-bond acceptors (Lipinski definition) is 3. The maximum absolute atomic E-state index is 13.0. The van der Waals surface area contributed by atoms with Gasteiger partial charge in [0.15, 0.2) is 5.60 Å². The minimum Gasteiger partial charge on any atom is -0.393 e. The zero-order valence-corrected chi connectivity index (χ0v) is 20.3. The topological polar surface area (TPSA) is 60.7 Å². The van der Waals surface area contributed by atoms with E-state index < -0.39 is 24.0 Å². The molecule has 0 aromatic rings. The summed E-state index contributed by atoms with van der Waals surface area (Å²) >= 11 is 0. The first-order chi connectivity index (χ1) is 15.3. The summed E-state index contributed by atoms with van der Waals surface area (Å²) in [5, 5.41) is 29.9. The molecule has 3 aliphatic rings. The van der Waals surface area contributed by atoms with E-state index >= 15 is 0 Å². The van der Waals surface area contributed by atoms with Crippen LogP contribution in [0.1, 0.15) is 85.0 Å². The summed E-state index contributed by atoms with van der Waals surface area (Å²) in [6, 6.07) is 0. The number of fused-ring (bicyclic) bond motifs is 1. The number of allylic oxidation sites excluding steroid dienone is 3. The molecule has 3 nitrogen and oxygen atoms in total. The minimum atomic E-state index is -4.59. The van der Waals surface area contributed by atoms with E-state index in [4.69, 9.17) is 0 Å². The lowest BCUT2D eigenvalue weighted by atomic mass is 9.60. The minimum absolute atomic E-state index is 0.136. The van der Waals surface area contributed by atoms with Crippen molar-refractivity contribution in [3.8, 4) is 0 Å². The Morgan fingerprint density at radius 1 is 1.21 bits per heavy atom. The zero-order chi connectivity index (χ0) is 24.6. The predicted molar refractivity (Wildman–Crippen MR) is 124 cm³/mol. The molecule has 0 radical (unpaired) electrons. The predicted octanol–water partition coefficient (Wildman–Crippen LogP) is 6.25. The Balaban J connectivity index is 1.67. The Hall–Kier alpha value is -1.11. The van der Waals surface area contributed by atoms with Crippen molar-refractivity contribution in [3.63, 3.8) is 0 Å². The monoisotopic (exact) mass is 470 g/mol. The first-order valence-electron chi connectivity index (χ1n) is 12.5. The van der Waals surface area contributed by atoms with Gasteiger partial charge in [-0.3, -0.25) is 0 Å². The van der Waals surface area contributed by atoms with Crippen LogP contribution in [0.3, 0.4) is 0 Å². The fourth-order valence-electron chi connectivity index (χ4n) is 6.79. The van der Waals surface area contributed by atoms with Gasteiger partial charge < -0.3 is 15.3 Å². The Labute approximate surface area is 196 Å². The average Bonchev–Trinajstić information content (AvgIpc) is 3.06. The summed E-state index contributed by atoms with van der Waals surface area (Å²) in [7, 11) is 0. The van der Waals surface area contributed by atoms with Gasteiger partial charge in [0.1, 0.15) is 0 Å². The van der Waals surface area contributed by atoms with Crippen LogP contribution in [0.25, 0.3) is 0 Å². The van der Waals surface area contributed by atoms with Gasteiger partial charge >= 0.3 is 6.18 Å². The Bertz CT molecular complexity index is 782. The molecule has 0 aliphatic heterocycles. The lowest BCUT2D eigenvalue weighted by Gasteiger charge is -2.44. The summed E-state index contributed by atoms with van der Waals surface area (Å²) in [4.78, 5) is 0. The van der Waals surface area contributed by atoms with E-state index in [2.05, 4.69) is 26.5 Å². The fraction of sp³-hybridized carbons (Fsp3) is 0.778. The highest BCUT2D eigenvalue weighted by molar-refractivity contribution is 5.38. The molecule has 3 aliphatic carbocycles. The molecule has 0 aromatic heterocycles. The summed E-state index contributed by atoms with van der Waals surface area (Å²) in [5.74, 6) is 1.23. The summed E-state index contributed by atoms with van der Waals surface area (Å²) in [6.45, 7) is 9.39. The molecule has 3 rings (SSSR count). The van der Waals surface area contributed by atoms with Crippen LogP contribution < -0.4 is 0 Å². The molecule has 0 saturated heterocycles. The first kappa shape index (κ1) is 26.5. The van der Waals surface area contributed by atoms with Gasteiger partial charge in [0.05, 0.1) is 12.2 Å². The lowest BCUT2D eigenvalue weighted by molar-refractivity contribution is -0.255. The largest absolute Gasteiger partial charge is 0.416 e. The molecular formula is C27H41F3O3. The molecule has 0 spiro atoms. The van der Waals surface area contributed by atoms with Crippen LogP contribution in [0, 0.1) is 23.2 Å². The number of hydrogen-bond donors (Lipinski definition) is 3. The lowest BCUT2D eigenvalue weighted by Crippen LogP contribution is -2.42. The van der Waals surface area contributed by atoms with E-state index in [0.717, 1.165) is 44.6 Å². The third kappa shape index (κ3) is 5.59. The van der Waals surface area contributed by atoms with E-state index in [9.17, 15) is 28.5 Å². The molecule has 7 atom stereocenters. The van der Waals surface area contributed by atoms with Crippen molar-refractivity contribution in [3.05, 3.63) is 35.5 Å². The van der Waals surface area contributed by atoms with E-state index in [1.807, 2.05) is 6.08 Å². The van der Waals surface area contributed by atoms with Gasteiger partial charge in [-0.25, -0.2) is 0 Å². The molecule has 188 valence electrons. The van der Waals surface area contributed by atoms with Crippen molar-refractivity contribution in [2.45, 2.75) is 109 Å². The molecule has 3 fully saturated rings. The molecule has 0 heterocycles. The standard InChI is InChI=1S/C27H41F3O3/c1-17(7-5-14-26(4,33)27(28,29)30)22-11-12-23-19(8-6-13-25(22,23)3)9-10-20-15-21(31)16-24(32)18(20)2/h9-10,17,21-24,31-33H,2,5-8,11-16H2,1,3-4H3/b19-9+,20-10-/t17-,21-,22-,23+,24+,25-,26?/m1/s1. The molecule has 33 heavy (non-hydrogen) atoms. The summed E-state index contributed by atoms with van der Waals surface area (Å²) in [5.41, 5.74) is 0.544. The fourth-order valence-corrected chi connectivity index (χ4v) is 6.79. The van der Waals surface area contributed by atoms with Gasteiger partial charge in [-0.05, 0) is 92.6 Å². The zero-order valence-electron chi connectivity index (χ0n) is 20.3. The van der Waals surface area contributed by atoms with Gasteiger partial charge in [0.2, 0.25) is 0 Å². The van der Waals surface area contributed by atoms with Crippen LogP contribution in [-0.4, -0.2) is 39.3 Å². The molecule has 0 aromatic carbocycles. The highest BCUT2D eigenvalue weighted by atomic mass is 19.4. The second kappa shape index (κ2) is 9.87. The maximum atomic E-state index is 13.0. The Morgan fingerprint density at radius 2 is 1.91 bits per heavy atom. The van der Waals surface area contributed by atoms with Crippen molar-refractivity contribution in [1.29, 1.82) is 0 Å². The van der Waals surface area contributed by atoms with Gasteiger partial charge in [-0.15, -0.1) is 0 Å². The molecule has 3 N–H and O–H groups in total. The van der Waals surface area contributed by atoms with Crippen molar-refractivity contribution in [2.24, 2.45) is 23.2 Å². The first-order valence-corrected chi connectivity index (χ1v) is 12.5. The van der Waals surface area contributed by atoms with Gasteiger partial charge in [0, 0.05) is 6.42 Å². The van der Waals surface area contributed by atoms with Gasteiger partial charge in [-0.1, -0.05) is 44.6 Å². The quantitative estimate of drug-likeness (QED) is 0.430. The normalized spacial score (nSPS) is 38.4. The van der Waals surface area contributed by atoms with Crippen molar-refractivity contribution in [1.82, 2.24) is 0 Å². The number of aliphatic hydroxyl groups is 3. The van der Waals surface area contributed by atoms with E-state index in [1.54, 1.807) is 0 Å². The third-order valence-corrected chi connectivity index (χ3v) is 8.92. The van der Waals surface area contributed by atoms with Crippen molar-refractivity contribution < 1.29 is 28.5 Å². The van der Waals surface area contributed by atoms with E-state index in [0.29, 0.717) is 49.0 Å². The molecule has 6 heteroatoms. The van der Waals surface area contributed by atoms with Gasteiger partial charge in [0.25, 0.3) is 0 Å². The van der Waals surface area contributed by atoms with Crippen LogP contribution in [0.2, 0.25) is 0 Å². The van der Waals surface area contributed by atoms with Crippen molar-refractivity contribution >= 4 is 0 Å². The highest BCUT2D eigenvalue weighted by Crippen LogP contribution is 2.60. The molecular weight excluding hydrogens is 429 g/mol. The van der Waals surface area contributed by atoms with Crippen LogP contribution >= 0.6 is 0 Å². The van der Waals surface area contributed by atoms with Crippen LogP contribution in [-0.2, 0) is 0 Å². The molecule has 0 amide bonds. The molecule has 3 saturated carbocycles. The van der Waals surface area contributed by atoms with Crippen LogP contribution in [0.4, 0.5) is 13.2 Å². The number of halogens is 3. The SMILES string of the molecule is C=C1/C(=C\C=C2/CCC[C@]3(C)[C@@H]([C@H](C)CCCC(C)(O)C(F)(F)F)CC[C@@H]23)C[C@@H](O)C[C@@H]1O. The highest BCUT2D eigenvalue weighted by Gasteiger charge is 2.51. The summed E-state index contributed by atoms with van der Waals surface area (Å²) < 4.78 is 38.9. The number of aliphatic hydroxyl groups excluding tert-OH is 2. The number of alkyl halides is 3. The molecule has 0 bridgehead atoms. The molecule has 1 unspecified atom stereocenters. The van der Waals surface area contributed by atoms with Crippen molar-refractivity contribution in [2.75, 3.05) is 0 Å². The third-order valence-electron chi connectivity index (χ3n) is 8.92. The van der Waals surface area contributed by atoms with E-state index in [1.165, 1.54) is 5.57 Å². The summed E-state index contributed by atoms with van der Waals surface area (Å²) in [6.07, 6.45) is 5.49. The smallest absolute Gasteiger partial charge is 0.393 e.